The molecule has 1 aliphatic heterocycles. The summed E-state index contributed by atoms with van der Waals surface area (Å²) in [5, 5.41) is 0.793. The Morgan fingerprint density at radius 3 is 2.41 bits per heavy atom. The molecule has 1 atom stereocenters. The fraction of sp³-hybridized carbons (Fsp3) is 0.241. The van der Waals surface area contributed by atoms with E-state index in [0.717, 1.165) is 23.1 Å². The summed E-state index contributed by atoms with van der Waals surface area (Å²) in [4.78, 5) is 29.7. The van der Waals surface area contributed by atoms with E-state index >= 15 is 0 Å². The van der Waals surface area contributed by atoms with Gasteiger partial charge < -0.3 is 14.2 Å². The monoisotopic (exact) mass is 506 g/mol. The second-order valence-corrected chi connectivity index (χ2v) is 9.23. The molecule has 0 spiro atoms. The number of hydrogen-bond acceptors (Lipinski definition) is 3. The van der Waals surface area contributed by atoms with Gasteiger partial charge in [0, 0.05) is 18.5 Å². The SMILES string of the molecule is O=C(c1cc2ccccc2o1)N1CC(=O)N(Cc2cccc(C(F)(F)F)c2)[C@@H](CCc2ccccc2)C1. The zero-order valence-corrected chi connectivity index (χ0v) is 19.9. The third-order valence-electron chi connectivity index (χ3n) is 6.66. The highest BCUT2D eigenvalue weighted by atomic mass is 19.4. The minimum atomic E-state index is -4.47. The Balaban J connectivity index is 1.39. The van der Waals surface area contributed by atoms with Crippen LogP contribution < -0.4 is 0 Å². The van der Waals surface area contributed by atoms with Gasteiger partial charge in [0.15, 0.2) is 5.76 Å². The number of nitrogens with zero attached hydrogens (tertiary/aromatic N) is 2. The predicted molar refractivity (Wildman–Crippen MR) is 133 cm³/mol. The van der Waals surface area contributed by atoms with Crippen LogP contribution >= 0.6 is 0 Å². The van der Waals surface area contributed by atoms with Gasteiger partial charge in [-0.25, -0.2) is 0 Å². The van der Waals surface area contributed by atoms with E-state index in [4.69, 9.17) is 4.42 Å². The normalized spacial score (nSPS) is 16.4. The highest BCUT2D eigenvalue weighted by Crippen LogP contribution is 2.30. The first kappa shape index (κ1) is 24.6. The number of carbonyl (C=O) groups excluding carboxylic acids is 2. The van der Waals surface area contributed by atoms with Crippen LogP contribution in [0.5, 0.6) is 0 Å². The van der Waals surface area contributed by atoms with E-state index in [9.17, 15) is 22.8 Å². The Morgan fingerprint density at radius 2 is 1.65 bits per heavy atom. The van der Waals surface area contributed by atoms with Crippen molar-refractivity contribution in [3.05, 3.63) is 107 Å². The molecule has 0 bridgehead atoms. The van der Waals surface area contributed by atoms with Crippen LogP contribution in [0.3, 0.4) is 0 Å². The first-order valence-corrected chi connectivity index (χ1v) is 12.1. The van der Waals surface area contributed by atoms with Crippen molar-refractivity contribution in [3.8, 4) is 0 Å². The van der Waals surface area contributed by atoms with Crippen LogP contribution in [0.25, 0.3) is 11.0 Å². The summed E-state index contributed by atoms with van der Waals surface area (Å²) in [7, 11) is 0. The molecular weight excluding hydrogens is 481 g/mol. The van der Waals surface area contributed by atoms with E-state index in [1.165, 1.54) is 11.0 Å². The number of halogens is 3. The van der Waals surface area contributed by atoms with E-state index < -0.39 is 11.7 Å². The second kappa shape index (κ2) is 10.1. The summed E-state index contributed by atoms with van der Waals surface area (Å²) in [5.74, 6) is -0.540. The average Bonchev–Trinajstić information content (AvgIpc) is 3.33. The molecule has 3 aromatic carbocycles. The number of hydrogen-bond donors (Lipinski definition) is 0. The second-order valence-electron chi connectivity index (χ2n) is 9.23. The van der Waals surface area contributed by atoms with Crippen molar-refractivity contribution in [2.24, 2.45) is 0 Å². The fourth-order valence-corrected chi connectivity index (χ4v) is 4.76. The molecule has 1 aromatic heterocycles. The van der Waals surface area contributed by atoms with Gasteiger partial charge in [0.2, 0.25) is 5.91 Å². The molecule has 0 saturated carbocycles. The van der Waals surface area contributed by atoms with Crippen molar-refractivity contribution in [2.45, 2.75) is 31.6 Å². The molecule has 5 nitrogen and oxygen atoms in total. The number of amides is 2. The maximum absolute atomic E-state index is 13.3. The van der Waals surface area contributed by atoms with Gasteiger partial charge in [-0.15, -0.1) is 0 Å². The number of para-hydroxylation sites is 1. The summed E-state index contributed by atoms with van der Waals surface area (Å²) in [6, 6.07) is 23.3. The van der Waals surface area contributed by atoms with E-state index in [1.807, 2.05) is 48.5 Å². The lowest BCUT2D eigenvalue weighted by Crippen LogP contribution is -2.57. The van der Waals surface area contributed by atoms with Crippen LogP contribution in [0.15, 0.2) is 89.3 Å². The smallest absolute Gasteiger partial charge is 0.416 e. The average molecular weight is 507 g/mol. The number of fused-ring (bicyclic) bond motifs is 1. The largest absolute Gasteiger partial charge is 0.451 e. The molecule has 0 N–H and O–H groups in total. The van der Waals surface area contributed by atoms with Gasteiger partial charge in [0.1, 0.15) is 12.1 Å². The number of rotatable bonds is 6. The van der Waals surface area contributed by atoms with Crippen molar-refractivity contribution in [2.75, 3.05) is 13.1 Å². The van der Waals surface area contributed by atoms with Crippen LogP contribution in [0, 0.1) is 0 Å². The third kappa shape index (κ3) is 5.53. The zero-order valence-electron chi connectivity index (χ0n) is 19.9. The molecule has 1 saturated heterocycles. The fourth-order valence-electron chi connectivity index (χ4n) is 4.76. The molecule has 4 aromatic rings. The van der Waals surface area contributed by atoms with Gasteiger partial charge in [-0.2, -0.15) is 13.2 Å². The Morgan fingerprint density at radius 1 is 0.919 bits per heavy atom. The van der Waals surface area contributed by atoms with Gasteiger partial charge in [-0.1, -0.05) is 60.7 Å². The first-order valence-electron chi connectivity index (χ1n) is 12.1. The molecule has 5 rings (SSSR count). The van der Waals surface area contributed by atoms with Crippen LogP contribution in [-0.2, 0) is 23.9 Å². The minimum absolute atomic E-state index is 0.0366. The molecule has 1 fully saturated rings. The molecule has 8 heteroatoms. The first-order chi connectivity index (χ1) is 17.8. The maximum Gasteiger partial charge on any atom is 0.416 e. The predicted octanol–water partition coefficient (Wildman–Crippen LogP) is 5.94. The number of benzene rings is 3. The Kier molecular flexibility index (Phi) is 6.74. The van der Waals surface area contributed by atoms with Crippen molar-refractivity contribution in [1.82, 2.24) is 9.80 Å². The van der Waals surface area contributed by atoms with Gasteiger partial charge in [-0.05, 0) is 48.2 Å². The quantitative estimate of drug-likeness (QED) is 0.325. The van der Waals surface area contributed by atoms with Gasteiger partial charge >= 0.3 is 6.18 Å². The standard InChI is InChI=1S/C29H25F3N2O3/c30-29(31,32)23-11-6-9-21(15-23)17-34-24(14-13-20-7-2-1-3-8-20)18-33(19-27(34)35)28(36)26-16-22-10-4-5-12-25(22)37-26/h1-12,15-16,24H,13-14,17-19H2/t24-/m0/s1. The lowest BCUT2D eigenvalue weighted by molar-refractivity contribution is -0.139. The van der Waals surface area contributed by atoms with E-state index in [2.05, 4.69) is 0 Å². The maximum atomic E-state index is 13.3. The third-order valence-corrected chi connectivity index (χ3v) is 6.66. The van der Waals surface area contributed by atoms with Gasteiger partial charge in [-0.3, -0.25) is 9.59 Å². The number of alkyl halides is 3. The molecular formula is C29H25F3N2O3. The highest BCUT2D eigenvalue weighted by Gasteiger charge is 2.36. The molecule has 1 aliphatic rings. The zero-order chi connectivity index (χ0) is 26.0. The molecule has 0 radical (unpaired) electrons. The van der Waals surface area contributed by atoms with Crippen molar-refractivity contribution in [1.29, 1.82) is 0 Å². The Bertz CT molecular complexity index is 1380. The van der Waals surface area contributed by atoms with Crippen LogP contribution in [0.1, 0.15) is 33.7 Å². The molecule has 0 unspecified atom stereocenters. The molecule has 2 amide bonds. The minimum Gasteiger partial charge on any atom is -0.451 e. The van der Waals surface area contributed by atoms with Crippen LogP contribution in [0.2, 0.25) is 0 Å². The van der Waals surface area contributed by atoms with Crippen LogP contribution in [-0.4, -0.2) is 40.7 Å². The van der Waals surface area contributed by atoms with E-state index in [1.54, 1.807) is 23.1 Å². The summed E-state index contributed by atoms with van der Waals surface area (Å²) in [6.45, 7) is 0.124. The topological polar surface area (TPSA) is 53.8 Å². The van der Waals surface area contributed by atoms with E-state index in [-0.39, 0.29) is 43.3 Å². The lowest BCUT2D eigenvalue weighted by Gasteiger charge is -2.41. The van der Waals surface area contributed by atoms with E-state index in [0.29, 0.717) is 24.0 Å². The molecule has 2 heterocycles. The van der Waals surface area contributed by atoms with Gasteiger partial charge in [0.05, 0.1) is 11.6 Å². The molecule has 37 heavy (non-hydrogen) atoms. The van der Waals surface area contributed by atoms with Crippen molar-refractivity contribution >= 4 is 22.8 Å². The Labute approximate surface area is 212 Å². The number of furan rings is 1. The Hall–Kier alpha value is -4.07. The summed E-state index contributed by atoms with van der Waals surface area (Å²) < 4.78 is 45.5. The number of piperazine rings is 1. The molecule has 190 valence electrons. The molecule has 0 aliphatic carbocycles. The van der Waals surface area contributed by atoms with Crippen molar-refractivity contribution < 1.29 is 27.2 Å². The van der Waals surface area contributed by atoms with Gasteiger partial charge in [0.25, 0.3) is 5.91 Å². The summed E-state index contributed by atoms with van der Waals surface area (Å²) >= 11 is 0. The number of carbonyl (C=O) groups is 2. The van der Waals surface area contributed by atoms with Crippen LogP contribution in [0.4, 0.5) is 13.2 Å². The summed E-state index contributed by atoms with van der Waals surface area (Å²) in [6.07, 6.45) is -3.26. The highest BCUT2D eigenvalue weighted by molar-refractivity contribution is 5.98. The van der Waals surface area contributed by atoms with Crippen molar-refractivity contribution in [3.63, 3.8) is 0 Å². The summed E-state index contributed by atoms with van der Waals surface area (Å²) in [5.41, 5.74) is 1.30. The number of aryl methyl sites for hydroxylation is 1. The lowest BCUT2D eigenvalue weighted by atomic mass is 10.00.